The van der Waals surface area contributed by atoms with Gasteiger partial charge in [-0.05, 0) is 37.2 Å². The van der Waals surface area contributed by atoms with Crippen molar-refractivity contribution in [1.29, 1.82) is 0 Å². The number of nitrogens with one attached hydrogen (secondary N) is 2. The quantitative estimate of drug-likeness (QED) is 0.590. The summed E-state index contributed by atoms with van der Waals surface area (Å²) in [6, 6.07) is 7.21. The first kappa shape index (κ1) is 15.7. The smallest absolute Gasteiger partial charge is 0.336 e. The predicted octanol–water partition coefficient (Wildman–Crippen LogP) is 1.07. The molecule has 0 saturated heterocycles. The van der Waals surface area contributed by atoms with Crippen LogP contribution in [0.3, 0.4) is 0 Å². The Labute approximate surface area is 123 Å². The zero-order valence-electron chi connectivity index (χ0n) is 11.8. The maximum atomic E-state index is 12.1. The van der Waals surface area contributed by atoms with Gasteiger partial charge in [-0.1, -0.05) is 6.92 Å². The van der Waals surface area contributed by atoms with Gasteiger partial charge in [-0.25, -0.2) is 17.9 Å². The number of benzene rings is 1. The summed E-state index contributed by atoms with van der Waals surface area (Å²) >= 11 is 0. The van der Waals surface area contributed by atoms with E-state index in [0.717, 1.165) is 13.0 Å². The van der Waals surface area contributed by atoms with E-state index in [1.165, 1.54) is 24.3 Å². The number of hydrogen-bond donors (Lipinski definition) is 2. The first-order chi connectivity index (χ1) is 10.0. The van der Waals surface area contributed by atoms with Crippen LogP contribution in [0.2, 0.25) is 0 Å². The van der Waals surface area contributed by atoms with Crippen LogP contribution in [0.1, 0.15) is 13.3 Å². The second-order valence-corrected chi connectivity index (χ2v) is 6.37. The maximum Gasteiger partial charge on any atom is 0.336 e. The fourth-order valence-electron chi connectivity index (χ4n) is 1.88. The van der Waals surface area contributed by atoms with Crippen molar-refractivity contribution < 1.29 is 12.8 Å². The zero-order valence-corrected chi connectivity index (χ0v) is 12.6. The Kier molecular flexibility index (Phi) is 5.11. The Morgan fingerprint density at radius 3 is 2.67 bits per heavy atom. The highest BCUT2D eigenvalue weighted by atomic mass is 32.2. The molecule has 0 aliphatic rings. The number of hydrogen-bond acceptors (Lipinski definition) is 5. The summed E-state index contributed by atoms with van der Waals surface area (Å²) in [6.07, 6.45) is 1.00. The monoisotopic (exact) mass is 310 g/mol. The molecule has 1 heterocycles. The van der Waals surface area contributed by atoms with Crippen LogP contribution >= 0.6 is 0 Å². The lowest BCUT2D eigenvalue weighted by atomic mass is 10.2. The molecule has 7 heteroatoms. The molecule has 0 fully saturated rings. The van der Waals surface area contributed by atoms with Crippen LogP contribution in [0.4, 0.5) is 0 Å². The Balaban J connectivity index is 2.12. The minimum Gasteiger partial charge on any atom is -0.423 e. The normalized spacial score (nSPS) is 11.9. The van der Waals surface area contributed by atoms with Gasteiger partial charge in [0.25, 0.3) is 0 Å². The molecule has 2 N–H and O–H groups in total. The lowest BCUT2D eigenvalue weighted by Gasteiger charge is -2.08. The maximum absolute atomic E-state index is 12.1. The fourth-order valence-corrected chi connectivity index (χ4v) is 2.94. The fraction of sp³-hybridized carbons (Fsp3) is 0.357. The predicted molar refractivity (Wildman–Crippen MR) is 80.8 cm³/mol. The summed E-state index contributed by atoms with van der Waals surface area (Å²) < 4.78 is 31.8. The van der Waals surface area contributed by atoms with Crippen molar-refractivity contribution in [2.45, 2.75) is 18.2 Å². The van der Waals surface area contributed by atoms with Crippen LogP contribution in [0.15, 0.2) is 44.4 Å². The minimum atomic E-state index is -3.56. The molecular weight excluding hydrogens is 292 g/mol. The van der Waals surface area contributed by atoms with E-state index in [1.807, 2.05) is 6.92 Å². The van der Waals surface area contributed by atoms with Crippen molar-refractivity contribution in [3.05, 3.63) is 40.8 Å². The third-order valence-electron chi connectivity index (χ3n) is 2.92. The van der Waals surface area contributed by atoms with E-state index in [1.54, 1.807) is 6.07 Å². The van der Waals surface area contributed by atoms with Gasteiger partial charge >= 0.3 is 5.63 Å². The number of fused-ring (bicyclic) bond motifs is 1. The van der Waals surface area contributed by atoms with Crippen molar-refractivity contribution in [3.8, 4) is 0 Å². The molecule has 2 rings (SSSR count). The molecule has 114 valence electrons. The average molecular weight is 310 g/mol. The van der Waals surface area contributed by atoms with Crippen molar-refractivity contribution in [3.63, 3.8) is 0 Å². The first-order valence-corrected chi connectivity index (χ1v) is 8.25. The SMILES string of the molecule is CCCNCCNS(=O)(=O)c1ccc2oc(=O)ccc2c1. The first-order valence-electron chi connectivity index (χ1n) is 6.77. The van der Waals surface area contributed by atoms with Gasteiger partial charge in [0.05, 0.1) is 4.90 Å². The summed E-state index contributed by atoms with van der Waals surface area (Å²) in [7, 11) is -3.56. The van der Waals surface area contributed by atoms with E-state index in [0.29, 0.717) is 24.1 Å². The topological polar surface area (TPSA) is 88.4 Å². The van der Waals surface area contributed by atoms with Gasteiger partial charge in [-0.3, -0.25) is 0 Å². The Morgan fingerprint density at radius 1 is 1.10 bits per heavy atom. The molecule has 0 spiro atoms. The van der Waals surface area contributed by atoms with Crippen LogP contribution in [0, 0.1) is 0 Å². The third-order valence-corrected chi connectivity index (χ3v) is 4.38. The van der Waals surface area contributed by atoms with Crippen LogP contribution in [0.25, 0.3) is 11.0 Å². The van der Waals surface area contributed by atoms with Gasteiger partial charge in [0.1, 0.15) is 5.58 Å². The third kappa shape index (κ3) is 4.13. The number of rotatable bonds is 7. The van der Waals surface area contributed by atoms with Crippen molar-refractivity contribution >= 4 is 21.0 Å². The van der Waals surface area contributed by atoms with Crippen molar-refractivity contribution in [1.82, 2.24) is 10.0 Å². The van der Waals surface area contributed by atoms with Crippen LogP contribution in [-0.2, 0) is 10.0 Å². The number of sulfonamides is 1. The molecule has 2 aromatic rings. The Morgan fingerprint density at radius 2 is 1.90 bits per heavy atom. The van der Waals surface area contributed by atoms with E-state index in [4.69, 9.17) is 4.42 Å². The van der Waals surface area contributed by atoms with Crippen molar-refractivity contribution in [2.24, 2.45) is 0 Å². The molecule has 1 aromatic carbocycles. The van der Waals surface area contributed by atoms with E-state index in [2.05, 4.69) is 10.0 Å². The molecule has 0 unspecified atom stereocenters. The molecular formula is C14H18N2O4S. The molecule has 1 aromatic heterocycles. The largest absolute Gasteiger partial charge is 0.423 e. The van der Waals surface area contributed by atoms with Gasteiger partial charge in [-0.2, -0.15) is 0 Å². The van der Waals surface area contributed by atoms with Gasteiger partial charge in [0, 0.05) is 24.5 Å². The van der Waals surface area contributed by atoms with Gasteiger partial charge in [0.15, 0.2) is 0 Å². The second-order valence-electron chi connectivity index (χ2n) is 4.60. The summed E-state index contributed by atoms with van der Waals surface area (Å²) in [5.74, 6) is 0. The van der Waals surface area contributed by atoms with E-state index >= 15 is 0 Å². The lowest BCUT2D eigenvalue weighted by molar-refractivity contribution is 0.560. The molecule has 21 heavy (non-hydrogen) atoms. The molecule has 0 saturated carbocycles. The Hall–Kier alpha value is -1.70. The summed E-state index contributed by atoms with van der Waals surface area (Å²) in [5.41, 5.74) is -0.0932. The van der Waals surface area contributed by atoms with Gasteiger partial charge < -0.3 is 9.73 Å². The summed E-state index contributed by atoms with van der Waals surface area (Å²) in [4.78, 5) is 11.2. The van der Waals surface area contributed by atoms with Crippen molar-refractivity contribution in [2.75, 3.05) is 19.6 Å². The van der Waals surface area contributed by atoms with E-state index in [-0.39, 0.29) is 4.90 Å². The minimum absolute atomic E-state index is 0.152. The molecule has 0 radical (unpaired) electrons. The van der Waals surface area contributed by atoms with Crippen LogP contribution < -0.4 is 15.7 Å². The van der Waals surface area contributed by atoms with E-state index < -0.39 is 15.6 Å². The zero-order chi connectivity index (χ0) is 15.3. The molecule has 0 atom stereocenters. The summed E-state index contributed by atoms with van der Waals surface area (Å²) in [5, 5.41) is 3.69. The Bertz CT molecular complexity index is 768. The summed E-state index contributed by atoms with van der Waals surface area (Å²) in [6.45, 7) is 3.81. The molecule has 0 bridgehead atoms. The molecule has 6 nitrogen and oxygen atoms in total. The second kappa shape index (κ2) is 6.84. The standard InChI is InChI=1S/C14H18N2O4S/c1-2-7-15-8-9-16-21(18,19)12-4-5-13-11(10-12)3-6-14(17)20-13/h3-6,10,15-16H,2,7-9H2,1H3. The molecule has 0 aliphatic heterocycles. The van der Waals surface area contributed by atoms with Gasteiger partial charge in [-0.15, -0.1) is 0 Å². The molecule has 0 amide bonds. The highest BCUT2D eigenvalue weighted by Gasteiger charge is 2.14. The average Bonchev–Trinajstić information content (AvgIpc) is 2.46. The lowest BCUT2D eigenvalue weighted by Crippen LogP contribution is -2.32. The van der Waals surface area contributed by atoms with Crippen LogP contribution in [0.5, 0.6) is 0 Å². The van der Waals surface area contributed by atoms with Gasteiger partial charge in [0.2, 0.25) is 10.0 Å². The van der Waals surface area contributed by atoms with Crippen LogP contribution in [-0.4, -0.2) is 28.1 Å². The highest BCUT2D eigenvalue weighted by Crippen LogP contribution is 2.17. The van der Waals surface area contributed by atoms with E-state index in [9.17, 15) is 13.2 Å². The molecule has 0 aliphatic carbocycles. The highest BCUT2D eigenvalue weighted by molar-refractivity contribution is 7.89.